The average molecular weight is 577 g/mol. The van der Waals surface area contributed by atoms with Gasteiger partial charge in [-0.1, -0.05) is 6.92 Å². The monoisotopic (exact) mass is 576 g/mol. The predicted molar refractivity (Wildman–Crippen MR) is 159 cm³/mol. The van der Waals surface area contributed by atoms with Crippen LogP contribution in [-0.4, -0.2) is 62.4 Å². The number of nitrogens with one attached hydrogen (secondary N) is 1. The summed E-state index contributed by atoms with van der Waals surface area (Å²) in [6, 6.07) is 3.96. The number of thioether (sulfide) groups is 1. The molecule has 41 heavy (non-hydrogen) atoms. The summed E-state index contributed by atoms with van der Waals surface area (Å²) >= 11 is 1.61. The van der Waals surface area contributed by atoms with Crippen molar-refractivity contribution in [1.82, 2.24) is 30.2 Å². The summed E-state index contributed by atoms with van der Waals surface area (Å²) in [5, 5.41) is 3.07. The molecule has 0 amide bonds. The number of hydrogen-bond donors (Lipinski definition) is 1. The second-order valence-electron chi connectivity index (χ2n) is 9.97. The standard InChI is InChI=1S/C29H36N8O3S/c1-7-17(2)37(5)29-27(35-24(14-38)31-12-21-10-11-22(41-6)13-30-21)23(15-40-19(4)39)34-28(36-29)25-18(3)32-16-33-26(25)20-8-9-20/h10-11,13-14,16-17,20H,7-9,12,15H2,1-6H3,(H,31,35)/t17-/m1/s1. The third kappa shape index (κ3) is 7.43. The number of aliphatic imine (C=N–C) groups is 1. The number of carbonyl (C=O) groups excluding carboxylic acids is 2. The van der Waals surface area contributed by atoms with Crippen LogP contribution in [0.4, 0.5) is 11.5 Å². The number of rotatable bonds is 12. The predicted octanol–water partition coefficient (Wildman–Crippen LogP) is 4.55. The maximum Gasteiger partial charge on any atom is 0.303 e. The SMILES string of the molecule is CC[C@@H](C)N(C)c1nc(-c2c(C)ncnc2C2CC2)nc(COC(C)=O)c1/N=C(\C=O)NCc1ccc(SC)cn1. The number of pyridine rings is 1. The van der Waals surface area contributed by atoms with E-state index >= 15 is 0 Å². The zero-order valence-corrected chi connectivity index (χ0v) is 25.2. The van der Waals surface area contributed by atoms with E-state index in [1.165, 1.54) is 6.92 Å². The Balaban J connectivity index is 1.84. The van der Waals surface area contributed by atoms with Crippen molar-refractivity contribution in [1.29, 1.82) is 0 Å². The van der Waals surface area contributed by atoms with Crippen LogP contribution in [0.5, 0.6) is 0 Å². The van der Waals surface area contributed by atoms with Crippen molar-refractivity contribution in [3.8, 4) is 11.4 Å². The number of nitrogens with zero attached hydrogens (tertiary/aromatic N) is 7. The van der Waals surface area contributed by atoms with Gasteiger partial charge in [0.05, 0.1) is 29.2 Å². The van der Waals surface area contributed by atoms with Crippen LogP contribution >= 0.6 is 11.8 Å². The van der Waals surface area contributed by atoms with Crippen molar-refractivity contribution in [2.24, 2.45) is 4.99 Å². The fourth-order valence-corrected chi connectivity index (χ4v) is 4.56. The number of aryl methyl sites for hydroxylation is 1. The highest BCUT2D eigenvalue weighted by molar-refractivity contribution is 7.98. The maximum absolute atomic E-state index is 12.2. The summed E-state index contributed by atoms with van der Waals surface area (Å²) in [6.07, 6.45) is 8.93. The highest BCUT2D eigenvalue weighted by atomic mass is 32.2. The van der Waals surface area contributed by atoms with Crippen LogP contribution in [0.15, 0.2) is 34.5 Å². The molecular weight excluding hydrogens is 540 g/mol. The Morgan fingerprint density at radius 3 is 2.66 bits per heavy atom. The number of ether oxygens (including phenoxy) is 1. The van der Waals surface area contributed by atoms with Gasteiger partial charge in [-0.25, -0.2) is 24.9 Å². The van der Waals surface area contributed by atoms with E-state index < -0.39 is 5.97 Å². The normalized spacial score (nSPS) is 14.0. The lowest BCUT2D eigenvalue weighted by Crippen LogP contribution is -2.30. The van der Waals surface area contributed by atoms with Gasteiger partial charge in [0.2, 0.25) is 0 Å². The van der Waals surface area contributed by atoms with Gasteiger partial charge in [0.15, 0.2) is 23.8 Å². The Bertz CT molecular complexity index is 1430. The summed E-state index contributed by atoms with van der Waals surface area (Å²) in [5.41, 5.74) is 3.95. The van der Waals surface area contributed by atoms with E-state index in [1.807, 2.05) is 37.3 Å². The molecule has 1 aliphatic carbocycles. The average Bonchev–Trinajstić information content (AvgIpc) is 3.83. The first kappa shape index (κ1) is 30.0. The van der Waals surface area contributed by atoms with E-state index in [-0.39, 0.29) is 18.5 Å². The highest BCUT2D eigenvalue weighted by Crippen LogP contribution is 2.44. The molecule has 11 nitrogen and oxygen atoms in total. The van der Waals surface area contributed by atoms with Gasteiger partial charge in [0.1, 0.15) is 24.3 Å². The molecule has 4 rings (SSSR count). The van der Waals surface area contributed by atoms with Crippen LogP contribution in [0.1, 0.15) is 68.7 Å². The van der Waals surface area contributed by atoms with E-state index in [9.17, 15) is 9.59 Å². The Labute approximate surface area is 244 Å². The smallest absolute Gasteiger partial charge is 0.303 e. The molecule has 0 aliphatic heterocycles. The summed E-state index contributed by atoms with van der Waals surface area (Å²) < 4.78 is 5.40. The van der Waals surface area contributed by atoms with Gasteiger partial charge < -0.3 is 15.0 Å². The molecule has 3 heterocycles. The molecule has 0 aromatic carbocycles. The molecule has 0 bridgehead atoms. The summed E-state index contributed by atoms with van der Waals surface area (Å²) in [6.45, 7) is 7.57. The summed E-state index contributed by atoms with van der Waals surface area (Å²) in [5.74, 6) is 0.918. The minimum Gasteiger partial charge on any atom is -0.459 e. The first-order valence-corrected chi connectivity index (χ1v) is 14.8. The number of anilines is 1. The Morgan fingerprint density at radius 1 is 1.27 bits per heavy atom. The van der Waals surface area contributed by atoms with Crippen molar-refractivity contribution in [3.05, 3.63) is 47.4 Å². The van der Waals surface area contributed by atoms with Crippen molar-refractivity contribution >= 4 is 41.4 Å². The Kier molecular flexibility index (Phi) is 9.98. The summed E-state index contributed by atoms with van der Waals surface area (Å²) in [7, 11) is 1.93. The van der Waals surface area contributed by atoms with E-state index in [4.69, 9.17) is 14.7 Å². The van der Waals surface area contributed by atoms with Crippen LogP contribution in [0.3, 0.4) is 0 Å². The molecule has 1 N–H and O–H groups in total. The second kappa shape index (κ2) is 13.6. The molecule has 12 heteroatoms. The van der Waals surface area contributed by atoms with Gasteiger partial charge in [0.25, 0.3) is 0 Å². The molecule has 1 saturated carbocycles. The van der Waals surface area contributed by atoms with Gasteiger partial charge >= 0.3 is 5.97 Å². The van der Waals surface area contributed by atoms with E-state index in [0.29, 0.717) is 41.8 Å². The lowest BCUT2D eigenvalue weighted by atomic mass is 10.1. The zero-order valence-electron chi connectivity index (χ0n) is 24.3. The fourth-order valence-electron chi connectivity index (χ4n) is 4.19. The molecule has 0 unspecified atom stereocenters. The number of aromatic nitrogens is 5. The minimum absolute atomic E-state index is 0.0814. The topological polar surface area (TPSA) is 135 Å². The van der Waals surface area contributed by atoms with Crippen LogP contribution in [0, 0.1) is 6.92 Å². The molecule has 1 aliphatic rings. The minimum atomic E-state index is -0.455. The van der Waals surface area contributed by atoms with Gasteiger partial charge in [0, 0.05) is 37.0 Å². The second-order valence-corrected chi connectivity index (χ2v) is 10.8. The van der Waals surface area contributed by atoms with Crippen LogP contribution in [0.2, 0.25) is 0 Å². The third-order valence-corrected chi connectivity index (χ3v) is 7.73. The van der Waals surface area contributed by atoms with Crippen molar-refractivity contribution in [2.75, 3.05) is 18.2 Å². The van der Waals surface area contributed by atoms with Crippen LogP contribution in [-0.2, 0) is 27.5 Å². The Hall–Kier alpha value is -3.93. The van der Waals surface area contributed by atoms with E-state index in [0.717, 1.165) is 46.8 Å². The van der Waals surface area contributed by atoms with Crippen molar-refractivity contribution in [2.45, 2.75) is 77.0 Å². The third-order valence-electron chi connectivity index (χ3n) is 7.02. The van der Waals surface area contributed by atoms with Gasteiger partial charge in [-0.3, -0.25) is 14.6 Å². The number of carbonyl (C=O) groups is 2. The number of esters is 1. The quantitative estimate of drug-likeness (QED) is 0.107. The number of hydrogen-bond acceptors (Lipinski definition) is 11. The molecule has 0 spiro atoms. The van der Waals surface area contributed by atoms with E-state index in [2.05, 4.69) is 39.1 Å². The maximum atomic E-state index is 12.2. The zero-order chi connectivity index (χ0) is 29.5. The molecule has 3 aromatic heterocycles. The van der Waals surface area contributed by atoms with Gasteiger partial charge in [-0.2, -0.15) is 0 Å². The van der Waals surface area contributed by atoms with Crippen LogP contribution in [0.25, 0.3) is 11.4 Å². The first-order valence-electron chi connectivity index (χ1n) is 13.6. The molecule has 1 atom stereocenters. The largest absolute Gasteiger partial charge is 0.459 e. The Morgan fingerprint density at radius 2 is 2.05 bits per heavy atom. The van der Waals surface area contributed by atoms with Crippen molar-refractivity contribution in [3.63, 3.8) is 0 Å². The molecule has 0 radical (unpaired) electrons. The molecule has 3 aromatic rings. The van der Waals surface area contributed by atoms with Crippen LogP contribution < -0.4 is 10.2 Å². The lowest BCUT2D eigenvalue weighted by molar-refractivity contribution is -0.142. The number of amidine groups is 1. The molecule has 1 fully saturated rings. The van der Waals surface area contributed by atoms with Gasteiger partial charge in [-0.15, -0.1) is 11.8 Å². The molecule has 0 saturated heterocycles. The summed E-state index contributed by atoms with van der Waals surface area (Å²) in [4.78, 5) is 55.0. The first-order chi connectivity index (χ1) is 19.7. The number of aldehydes is 1. The molecular formula is C29H36N8O3S. The highest BCUT2D eigenvalue weighted by Gasteiger charge is 2.31. The fraction of sp³-hybridized carbons (Fsp3) is 0.448. The lowest BCUT2D eigenvalue weighted by Gasteiger charge is -2.27. The van der Waals surface area contributed by atoms with Gasteiger partial charge in [-0.05, 0) is 51.5 Å². The van der Waals surface area contributed by atoms with E-state index in [1.54, 1.807) is 24.3 Å². The molecule has 216 valence electrons. The van der Waals surface area contributed by atoms with Crippen molar-refractivity contribution < 1.29 is 14.3 Å².